The minimum absolute atomic E-state index is 0.141. The molecule has 0 radical (unpaired) electrons. The van der Waals surface area contributed by atoms with Crippen molar-refractivity contribution in [3.63, 3.8) is 0 Å². The van der Waals surface area contributed by atoms with Gasteiger partial charge in [0.25, 0.3) is 0 Å². The number of carboxylic acid groups (broad SMARTS) is 1. The second kappa shape index (κ2) is 6.78. The van der Waals surface area contributed by atoms with Crippen molar-refractivity contribution in [1.29, 1.82) is 0 Å². The summed E-state index contributed by atoms with van der Waals surface area (Å²) in [5.41, 5.74) is 1.14. The average Bonchev–Trinajstić information content (AvgIpc) is 2.47. The lowest BCUT2D eigenvalue weighted by Gasteiger charge is -2.34. The number of ether oxygens (including phenoxy) is 1. The number of aliphatic carboxylic acids is 1. The van der Waals surface area contributed by atoms with Gasteiger partial charge in [0.15, 0.2) is 0 Å². The van der Waals surface area contributed by atoms with Crippen molar-refractivity contribution >= 4 is 5.97 Å². The Morgan fingerprint density at radius 2 is 1.95 bits per heavy atom. The monoisotopic (exact) mass is 276 g/mol. The maximum atomic E-state index is 11.5. The summed E-state index contributed by atoms with van der Waals surface area (Å²) in [4.78, 5) is 11.5. The molecule has 3 atom stereocenters. The molecule has 110 valence electrons. The second-order valence-electron chi connectivity index (χ2n) is 5.64. The van der Waals surface area contributed by atoms with E-state index in [9.17, 15) is 9.90 Å². The molecule has 1 aromatic rings. The van der Waals surface area contributed by atoms with Gasteiger partial charge in [-0.2, -0.15) is 0 Å². The number of hydrogen-bond acceptors (Lipinski definition) is 2. The van der Waals surface area contributed by atoms with E-state index in [1.807, 2.05) is 31.2 Å². The molecule has 20 heavy (non-hydrogen) atoms. The number of benzene rings is 1. The molecule has 0 aliphatic heterocycles. The molecule has 1 aromatic carbocycles. The van der Waals surface area contributed by atoms with Gasteiger partial charge in [-0.05, 0) is 55.7 Å². The van der Waals surface area contributed by atoms with Crippen LogP contribution in [0.2, 0.25) is 0 Å². The molecule has 1 fully saturated rings. The van der Waals surface area contributed by atoms with E-state index in [-0.39, 0.29) is 11.8 Å². The Labute approximate surface area is 121 Å². The van der Waals surface area contributed by atoms with Gasteiger partial charge >= 0.3 is 5.97 Å². The zero-order valence-electron chi connectivity index (χ0n) is 12.3. The highest BCUT2D eigenvalue weighted by molar-refractivity contribution is 5.71. The van der Waals surface area contributed by atoms with Gasteiger partial charge in [0, 0.05) is 0 Å². The van der Waals surface area contributed by atoms with E-state index < -0.39 is 5.97 Å². The molecule has 1 saturated carbocycles. The summed E-state index contributed by atoms with van der Waals surface area (Å²) in [5.74, 6) is 0.754. The zero-order chi connectivity index (χ0) is 14.5. The van der Waals surface area contributed by atoms with Crippen molar-refractivity contribution in [3.05, 3.63) is 29.8 Å². The normalized spacial score (nSPS) is 26.2. The standard InChI is InChI=1S/C17H24O3/c1-3-12-5-10-15(17(18)19)16(11-12)13-6-8-14(9-7-13)20-4-2/h6-9,12,15-16H,3-5,10-11H2,1-2H3,(H,18,19). The molecule has 0 aromatic heterocycles. The van der Waals surface area contributed by atoms with Crippen LogP contribution in [0.25, 0.3) is 0 Å². The van der Waals surface area contributed by atoms with Crippen LogP contribution in [0.15, 0.2) is 24.3 Å². The maximum absolute atomic E-state index is 11.5. The van der Waals surface area contributed by atoms with E-state index in [1.54, 1.807) is 0 Å². The average molecular weight is 276 g/mol. The van der Waals surface area contributed by atoms with E-state index in [0.717, 1.165) is 37.0 Å². The lowest BCUT2D eigenvalue weighted by molar-refractivity contribution is -0.143. The van der Waals surface area contributed by atoms with Gasteiger partial charge in [-0.15, -0.1) is 0 Å². The van der Waals surface area contributed by atoms with Crippen LogP contribution in [0.3, 0.4) is 0 Å². The van der Waals surface area contributed by atoms with Crippen LogP contribution in [0.1, 0.15) is 51.0 Å². The van der Waals surface area contributed by atoms with Gasteiger partial charge in [0.1, 0.15) is 5.75 Å². The minimum atomic E-state index is -0.654. The van der Waals surface area contributed by atoms with E-state index in [1.165, 1.54) is 0 Å². The van der Waals surface area contributed by atoms with Crippen molar-refractivity contribution in [1.82, 2.24) is 0 Å². The highest BCUT2D eigenvalue weighted by Crippen LogP contribution is 2.42. The predicted octanol–water partition coefficient (Wildman–Crippen LogP) is 4.08. The first-order valence-corrected chi connectivity index (χ1v) is 7.61. The predicted molar refractivity (Wildman–Crippen MR) is 79.1 cm³/mol. The molecule has 3 unspecified atom stereocenters. The number of rotatable bonds is 5. The molecular formula is C17H24O3. The summed E-state index contributed by atoms with van der Waals surface area (Å²) in [5, 5.41) is 9.44. The Morgan fingerprint density at radius 3 is 2.50 bits per heavy atom. The largest absolute Gasteiger partial charge is 0.494 e. The van der Waals surface area contributed by atoms with Gasteiger partial charge in [-0.3, -0.25) is 4.79 Å². The fourth-order valence-electron chi connectivity index (χ4n) is 3.27. The highest BCUT2D eigenvalue weighted by Gasteiger charge is 2.35. The molecule has 1 aliphatic carbocycles. The van der Waals surface area contributed by atoms with E-state index >= 15 is 0 Å². The van der Waals surface area contributed by atoms with Crippen molar-refractivity contribution < 1.29 is 14.6 Å². The lowest BCUT2D eigenvalue weighted by Crippen LogP contribution is -2.29. The first-order valence-electron chi connectivity index (χ1n) is 7.61. The minimum Gasteiger partial charge on any atom is -0.494 e. The van der Waals surface area contributed by atoms with Crippen LogP contribution in [0.5, 0.6) is 5.75 Å². The Kier molecular flexibility index (Phi) is 5.05. The quantitative estimate of drug-likeness (QED) is 0.881. The van der Waals surface area contributed by atoms with E-state index in [0.29, 0.717) is 12.5 Å². The highest BCUT2D eigenvalue weighted by atomic mass is 16.5. The second-order valence-corrected chi connectivity index (χ2v) is 5.64. The smallest absolute Gasteiger partial charge is 0.307 e. The van der Waals surface area contributed by atoms with Gasteiger partial charge in [0.2, 0.25) is 0 Å². The summed E-state index contributed by atoms with van der Waals surface area (Å²) in [6.07, 6.45) is 3.97. The Balaban J connectivity index is 2.18. The van der Waals surface area contributed by atoms with Crippen molar-refractivity contribution in [2.45, 2.75) is 45.4 Å². The van der Waals surface area contributed by atoms with Crippen LogP contribution in [0.4, 0.5) is 0 Å². The molecule has 3 heteroatoms. The first kappa shape index (κ1) is 14.9. The lowest BCUT2D eigenvalue weighted by atomic mass is 9.70. The topological polar surface area (TPSA) is 46.5 Å². The number of hydrogen-bond donors (Lipinski definition) is 1. The maximum Gasteiger partial charge on any atom is 0.307 e. The van der Waals surface area contributed by atoms with Crippen LogP contribution in [-0.4, -0.2) is 17.7 Å². The van der Waals surface area contributed by atoms with Crippen molar-refractivity contribution in [2.75, 3.05) is 6.61 Å². The fraction of sp³-hybridized carbons (Fsp3) is 0.588. The van der Waals surface area contributed by atoms with Gasteiger partial charge in [-0.25, -0.2) is 0 Å². The molecule has 1 aliphatic rings. The molecule has 2 rings (SSSR count). The molecule has 3 nitrogen and oxygen atoms in total. The number of carbonyl (C=O) groups is 1. The molecule has 0 heterocycles. The van der Waals surface area contributed by atoms with Crippen molar-refractivity contribution in [2.24, 2.45) is 11.8 Å². The van der Waals surface area contributed by atoms with Crippen LogP contribution >= 0.6 is 0 Å². The molecule has 0 spiro atoms. The molecular weight excluding hydrogens is 252 g/mol. The van der Waals surface area contributed by atoms with E-state index in [4.69, 9.17) is 4.74 Å². The third-order valence-corrected chi connectivity index (χ3v) is 4.47. The van der Waals surface area contributed by atoms with Gasteiger partial charge < -0.3 is 9.84 Å². The Hall–Kier alpha value is -1.51. The van der Waals surface area contributed by atoms with Crippen LogP contribution in [-0.2, 0) is 4.79 Å². The van der Waals surface area contributed by atoms with Gasteiger partial charge in [0.05, 0.1) is 12.5 Å². The number of carboxylic acids is 1. The molecule has 0 bridgehead atoms. The summed E-state index contributed by atoms with van der Waals surface area (Å²) in [6, 6.07) is 7.97. The summed E-state index contributed by atoms with van der Waals surface area (Å²) >= 11 is 0. The van der Waals surface area contributed by atoms with Gasteiger partial charge in [-0.1, -0.05) is 25.5 Å². The summed E-state index contributed by atoms with van der Waals surface area (Å²) < 4.78 is 5.45. The first-order chi connectivity index (χ1) is 9.65. The molecule has 0 amide bonds. The molecule has 0 saturated heterocycles. The third-order valence-electron chi connectivity index (χ3n) is 4.47. The summed E-state index contributed by atoms with van der Waals surface area (Å²) in [6.45, 7) is 4.81. The fourth-order valence-corrected chi connectivity index (χ4v) is 3.27. The molecule has 1 N–H and O–H groups in total. The SMILES string of the molecule is CCOc1ccc(C2CC(CC)CCC2C(=O)O)cc1. The Morgan fingerprint density at radius 1 is 1.25 bits per heavy atom. The zero-order valence-corrected chi connectivity index (χ0v) is 12.3. The third kappa shape index (κ3) is 3.33. The van der Waals surface area contributed by atoms with E-state index in [2.05, 4.69) is 6.92 Å². The summed E-state index contributed by atoms with van der Waals surface area (Å²) in [7, 11) is 0. The van der Waals surface area contributed by atoms with Crippen LogP contribution in [0, 0.1) is 11.8 Å². The van der Waals surface area contributed by atoms with Crippen LogP contribution < -0.4 is 4.74 Å². The van der Waals surface area contributed by atoms with Crippen molar-refractivity contribution in [3.8, 4) is 5.75 Å². The Bertz CT molecular complexity index is 438.